The van der Waals surface area contributed by atoms with Crippen LogP contribution in [0.3, 0.4) is 0 Å². The largest absolute Gasteiger partial charge is 0.478 e. The Morgan fingerprint density at radius 2 is 1.79 bits per heavy atom. The van der Waals surface area contributed by atoms with Gasteiger partial charge in [0.25, 0.3) is 11.8 Å². The predicted molar refractivity (Wildman–Crippen MR) is 276 cm³/mol. The van der Waals surface area contributed by atoms with Gasteiger partial charge in [-0.05, 0) is 99.9 Å². The van der Waals surface area contributed by atoms with Crippen molar-refractivity contribution in [1.29, 1.82) is 0 Å². The minimum atomic E-state index is -0.368. The van der Waals surface area contributed by atoms with Crippen LogP contribution in [0.2, 0.25) is 0 Å². The van der Waals surface area contributed by atoms with Gasteiger partial charge in [0.05, 0.1) is 37.0 Å². The first-order chi connectivity index (χ1) is 33.8. The average Bonchev–Trinajstić information content (AvgIpc) is 3.86. The number of carbonyl (C=O) groups excluding carboxylic acids is 2. The van der Waals surface area contributed by atoms with E-state index < -0.39 is 0 Å². The van der Waals surface area contributed by atoms with E-state index in [9.17, 15) is 14.7 Å². The van der Waals surface area contributed by atoms with Crippen molar-refractivity contribution in [3.05, 3.63) is 96.2 Å². The van der Waals surface area contributed by atoms with Crippen molar-refractivity contribution in [3.63, 3.8) is 0 Å². The molecule has 17 heteroatoms. The van der Waals surface area contributed by atoms with Crippen molar-refractivity contribution in [2.75, 3.05) is 89.7 Å². The number of nitrogens with one attached hydrogen (secondary N) is 3. The molecule has 1 aromatic carbocycles. The van der Waals surface area contributed by atoms with Crippen LogP contribution in [-0.2, 0) is 30.8 Å². The number of methoxy groups -OCH3 is 1. The highest BCUT2D eigenvalue weighted by Gasteiger charge is 2.38. The number of piperazine rings is 2. The number of anilines is 7. The highest BCUT2D eigenvalue weighted by molar-refractivity contribution is 6.06. The lowest BCUT2D eigenvalue weighted by Crippen LogP contribution is -2.58. The van der Waals surface area contributed by atoms with Crippen LogP contribution in [0, 0.1) is 5.41 Å². The molecule has 5 aromatic rings. The molecular formula is C53H67N13O4. The summed E-state index contributed by atoms with van der Waals surface area (Å²) in [5.74, 6) is 1.60. The van der Waals surface area contributed by atoms with Crippen molar-refractivity contribution in [1.82, 2.24) is 34.7 Å². The fraction of sp³-hybridized carbons (Fsp3) is 0.472. The van der Waals surface area contributed by atoms with E-state index in [1.165, 1.54) is 30.1 Å². The molecule has 10 rings (SSSR count). The number of amides is 2. The van der Waals surface area contributed by atoms with Crippen LogP contribution in [0.25, 0.3) is 11.3 Å². The lowest BCUT2D eigenvalue weighted by molar-refractivity contribution is -0.111. The highest BCUT2D eigenvalue weighted by Crippen LogP contribution is 2.41. The van der Waals surface area contributed by atoms with Crippen molar-refractivity contribution >= 4 is 52.0 Å². The fourth-order valence-electron chi connectivity index (χ4n) is 11.7. The number of benzene rings is 1. The standard InChI is InChI=1S/C53H67N13O4/c1-8-48(68)59-42-25-37(9-10-44(42)63-20-19-61(31-35(63)4)38-13-17-62(33(2)23-38)39-11-14-55-47(26-39)64-18-16-54-29-34(64)3)58-49-51(70-7)57-30-43(60-49)40-12-15-56-50(41(40)32-67)66-22-21-65-45(52(66)69)24-36-27-53(5,6)28-46(36)65/h8-12,14-15,24-26,30,33-35,38,54,67H,1,13,16-23,27-29,31-32H2,2-7H3,(H,58,60)(H,59,68)/t33-,34+,35+,38?/m1/s1. The van der Waals surface area contributed by atoms with Gasteiger partial charge < -0.3 is 45.1 Å². The third-order valence-electron chi connectivity index (χ3n) is 15.2. The molecule has 1 aliphatic carbocycles. The number of carbonyl (C=O) groups is 2. The first kappa shape index (κ1) is 47.1. The van der Waals surface area contributed by atoms with Gasteiger partial charge in [-0.2, -0.15) is 0 Å². The Bertz CT molecular complexity index is 2790. The maximum atomic E-state index is 14.1. The summed E-state index contributed by atoms with van der Waals surface area (Å²) < 4.78 is 7.85. The van der Waals surface area contributed by atoms with Gasteiger partial charge in [0, 0.05) is 130 Å². The Morgan fingerprint density at radius 3 is 2.56 bits per heavy atom. The molecule has 70 heavy (non-hydrogen) atoms. The molecule has 4 aliphatic heterocycles. The maximum absolute atomic E-state index is 14.1. The zero-order chi connectivity index (χ0) is 48.8. The van der Waals surface area contributed by atoms with Gasteiger partial charge in [0.15, 0.2) is 5.82 Å². The first-order valence-electron chi connectivity index (χ1n) is 24.9. The average molecular weight is 950 g/mol. The topological polar surface area (TPSA) is 172 Å². The van der Waals surface area contributed by atoms with Crippen molar-refractivity contribution < 1.29 is 19.4 Å². The Labute approximate surface area is 411 Å². The van der Waals surface area contributed by atoms with E-state index in [2.05, 4.69) is 103 Å². The molecule has 8 heterocycles. The molecule has 368 valence electrons. The van der Waals surface area contributed by atoms with Crippen molar-refractivity contribution in [3.8, 4) is 17.1 Å². The van der Waals surface area contributed by atoms with Crippen LogP contribution < -0.4 is 40.3 Å². The Kier molecular flexibility index (Phi) is 13.0. The Hall–Kier alpha value is -6.56. The van der Waals surface area contributed by atoms with Gasteiger partial charge in [-0.15, -0.1) is 0 Å². The molecule has 17 nitrogen and oxygen atoms in total. The number of hydrogen-bond acceptors (Lipinski definition) is 14. The van der Waals surface area contributed by atoms with Crippen LogP contribution in [-0.4, -0.2) is 130 Å². The monoisotopic (exact) mass is 950 g/mol. The SMILES string of the molecule is C=CC(=O)Nc1cc(Nc2nc(-c3ccnc(N4CCn5c(cc6c5CC(C)(C)C6)C4=O)c3CO)cnc2OC)ccc1N1CCN(C2CCN(c3ccnc(N4CCNC[C@@H]4C)c3)[C@H](C)C2)C[C@@H]1C. The molecule has 3 fully saturated rings. The first-order valence-corrected chi connectivity index (χ1v) is 24.9. The summed E-state index contributed by atoms with van der Waals surface area (Å²) in [7, 11) is 1.53. The predicted octanol–water partition coefficient (Wildman–Crippen LogP) is 6.26. The molecule has 4 aromatic heterocycles. The van der Waals surface area contributed by atoms with Gasteiger partial charge in [0.2, 0.25) is 5.91 Å². The minimum Gasteiger partial charge on any atom is -0.478 e. The van der Waals surface area contributed by atoms with E-state index >= 15 is 0 Å². The van der Waals surface area contributed by atoms with Gasteiger partial charge in [0.1, 0.15) is 17.3 Å². The smallest absolute Gasteiger partial charge is 0.276 e. The molecule has 4 N–H and O–H groups in total. The summed E-state index contributed by atoms with van der Waals surface area (Å²) in [6.07, 6.45) is 10.5. The number of piperidine rings is 1. The van der Waals surface area contributed by atoms with Crippen LogP contribution >= 0.6 is 0 Å². The second-order valence-corrected chi connectivity index (χ2v) is 20.5. The van der Waals surface area contributed by atoms with Gasteiger partial charge in [-0.3, -0.25) is 19.4 Å². The lowest BCUT2D eigenvalue weighted by atomic mass is 9.90. The molecule has 0 radical (unpaired) electrons. The van der Waals surface area contributed by atoms with Gasteiger partial charge in [-0.1, -0.05) is 20.4 Å². The van der Waals surface area contributed by atoms with E-state index in [0.717, 1.165) is 83.0 Å². The number of ether oxygens (including phenoxy) is 1. The zero-order valence-electron chi connectivity index (χ0n) is 41.4. The summed E-state index contributed by atoms with van der Waals surface area (Å²) in [6.45, 7) is 22.3. The maximum Gasteiger partial charge on any atom is 0.276 e. The second kappa shape index (κ2) is 19.3. The van der Waals surface area contributed by atoms with Crippen molar-refractivity contribution in [2.45, 2.75) is 97.6 Å². The highest BCUT2D eigenvalue weighted by atomic mass is 16.5. The number of rotatable bonds is 12. The van der Waals surface area contributed by atoms with Crippen LogP contribution in [0.15, 0.2) is 73.7 Å². The summed E-state index contributed by atoms with van der Waals surface area (Å²) in [5, 5.41) is 20.8. The Morgan fingerprint density at radius 1 is 0.943 bits per heavy atom. The molecule has 3 saturated heterocycles. The number of hydrogen-bond donors (Lipinski definition) is 4. The normalized spacial score (nSPS) is 22.4. The van der Waals surface area contributed by atoms with E-state index in [1.54, 1.807) is 23.4 Å². The third kappa shape index (κ3) is 9.05. The van der Waals surface area contributed by atoms with E-state index in [-0.39, 0.29) is 35.8 Å². The number of pyridine rings is 2. The van der Waals surface area contributed by atoms with Gasteiger partial charge >= 0.3 is 0 Å². The van der Waals surface area contributed by atoms with E-state index in [4.69, 9.17) is 14.7 Å². The molecule has 1 unspecified atom stereocenters. The quantitative estimate of drug-likeness (QED) is 0.103. The molecule has 2 amide bonds. The number of aromatic nitrogens is 5. The third-order valence-corrected chi connectivity index (χ3v) is 15.2. The van der Waals surface area contributed by atoms with Gasteiger partial charge in [-0.25, -0.2) is 19.9 Å². The van der Waals surface area contributed by atoms with E-state index in [1.807, 2.05) is 30.5 Å². The summed E-state index contributed by atoms with van der Waals surface area (Å²) in [4.78, 5) is 57.7. The summed E-state index contributed by atoms with van der Waals surface area (Å²) >= 11 is 0. The molecule has 5 aliphatic rings. The number of fused-ring (bicyclic) bond motifs is 3. The second-order valence-electron chi connectivity index (χ2n) is 20.5. The van der Waals surface area contributed by atoms with Crippen LogP contribution in [0.5, 0.6) is 5.88 Å². The van der Waals surface area contributed by atoms with Crippen LogP contribution in [0.4, 0.5) is 40.2 Å². The number of aliphatic hydroxyl groups is 1. The number of nitrogens with zero attached hydrogens (tertiary/aromatic N) is 10. The lowest BCUT2D eigenvalue weighted by Gasteiger charge is -2.48. The molecule has 4 atom stereocenters. The Balaban J connectivity index is 0.841. The molecule has 0 spiro atoms. The fourth-order valence-corrected chi connectivity index (χ4v) is 11.7. The zero-order valence-corrected chi connectivity index (χ0v) is 41.4. The molecule has 0 saturated carbocycles. The number of aliphatic hydroxyl groups excluding tert-OH is 1. The molecular weight excluding hydrogens is 883 g/mol. The van der Waals surface area contributed by atoms with E-state index in [0.29, 0.717) is 76.7 Å². The minimum absolute atomic E-state index is 0.137. The van der Waals surface area contributed by atoms with Crippen molar-refractivity contribution in [2.24, 2.45) is 5.41 Å². The van der Waals surface area contributed by atoms with Crippen LogP contribution in [0.1, 0.15) is 74.8 Å². The molecule has 0 bridgehead atoms. The summed E-state index contributed by atoms with van der Waals surface area (Å²) in [5.41, 5.74) is 8.30. The summed E-state index contributed by atoms with van der Waals surface area (Å²) in [6, 6.07) is 15.6.